The maximum absolute atomic E-state index is 12.3. The number of rotatable bonds is 2. The van der Waals surface area contributed by atoms with Gasteiger partial charge in [0.1, 0.15) is 0 Å². The highest BCUT2D eigenvalue weighted by Crippen LogP contribution is 2.24. The van der Waals surface area contributed by atoms with Crippen LogP contribution >= 0.6 is 0 Å². The number of benzene rings is 2. The molecule has 21 heavy (non-hydrogen) atoms. The van der Waals surface area contributed by atoms with Gasteiger partial charge in [-0.2, -0.15) is 0 Å². The van der Waals surface area contributed by atoms with Gasteiger partial charge in [0.25, 0.3) is 5.91 Å². The Bertz CT molecular complexity index is 722. The number of nitrogens with one attached hydrogen (secondary N) is 2. The predicted octanol–water partition coefficient (Wildman–Crippen LogP) is 3.13. The van der Waals surface area contributed by atoms with E-state index < -0.39 is 0 Å². The summed E-state index contributed by atoms with van der Waals surface area (Å²) >= 11 is 0. The molecule has 2 N–H and O–H groups in total. The van der Waals surface area contributed by atoms with Crippen LogP contribution < -0.4 is 10.6 Å². The first-order valence-corrected chi connectivity index (χ1v) is 6.93. The summed E-state index contributed by atoms with van der Waals surface area (Å²) in [6.45, 7) is 1.96. The highest BCUT2D eigenvalue weighted by Gasteiger charge is 2.16. The summed E-state index contributed by atoms with van der Waals surface area (Å²) in [5.74, 6) is -0.108. The van der Waals surface area contributed by atoms with E-state index in [0.29, 0.717) is 18.4 Å². The van der Waals surface area contributed by atoms with Gasteiger partial charge in [0, 0.05) is 23.4 Å². The van der Waals surface area contributed by atoms with Crippen molar-refractivity contribution >= 4 is 23.2 Å². The Hall–Kier alpha value is -2.62. The Morgan fingerprint density at radius 1 is 1.14 bits per heavy atom. The summed E-state index contributed by atoms with van der Waals surface area (Å²) in [6.07, 6.45) is 1.14. The van der Waals surface area contributed by atoms with E-state index in [1.165, 1.54) is 0 Å². The molecule has 0 aromatic heterocycles. The number of aryl methyl sites for hydroxylation is 2. The minimum absolute atomic E-state index is 0.0274. The van der Waals surface area contributed by atoms with E-state index in [4.69, 9.17) is 0 Å². The fourth-order valence-corrected chi connectivity index (χ4v) is 2.43. The first-order chi connectivity index (χ1) is 10.1. The van der Waals surface area contributed by atoms with Gasteiger partial charge >= 0.3 is 0 Å². The average Bonchev–Trinajstić information content (AvgIpc) is 2.49. The van der Waals surface area contributed by atoms with Gasteiger partial charge in [0.2, 0.25) is 5.91 Å². The second-order valence-electron chi connectivity index (χ2n) is 5.19. The molecule has 0 spiro atoms. The third-order valence-electron chi connectivity index (χ3n) is 3.66. The van der Waals surface area contributed by atoms with Crippen LogP contribution in [0.1, 0.15) is 27.9 Å². The van der Waals surface area contributed by atoms with Crippen LogP contribution in [0.4, 0.5) is 11.4 Å². The van der Waals surface area contributed by atoms with Gasteiger partial charge in [-0.15, -0.1) is 0 Å². The lowest BCUT2D eigenvalue weighted by Gasteiger charge is -2.17. The summed E-state index contributed by atoms with van der Waals surface area (Å²) in [5, 5.41) is 5.73. The highest BCUT2D eigenvalue weighted by atomic mass is 16.2. The summed E-state index contributed by atoms with van der Waals surface area (Å²) in [5.41, 5.74) is 4.25. The standard InChI is InChI=1S/C17H16N2O2/c1-11-4-2-3-5-14(11)19-17(21)13-6-8-15-12(10-13)7-9-16(20)18-15/h2-6,8,10H,7,9H2,1H3,(H,18,20)(H,19,21). The van der Waals surface area contributed by atoms with E-state index in [9.17, 15) is 9.59 Å². The molecule has 0 radical (unpaired) electrons. The van der Waals surface area contributed by atoms with Gasteiger partial charge in [0.05, 0.1) is 0 Å². The van der Waals surface area contributed by atoms with Crippen molar-refractivity contribution in [2.45, 2.75) is 19.8 Å². The van der Waals surface area contributed by atoms with Crippen molar-refractivity contribution < 1.29 is 9.59 Å². The molecule has 3 rings (SSSR count). The molecule has 1 heterocycles. The van der Waals surface area contributed by atoms with Gasteiger partial charge in [-0.1, -0.05) is 18.2 Å². The molecule has 4 heteroatoms. The predicted molar refractivity (Wildman–Crippen MR) is 82.5 cm³/mol. The number of para-hydroxylation sites is 1. The molecule has 1 aliphatic heterocycles. The lowest BCUT2D eigenvalue weighted by atomic mass is 10.00. The largest absolute Gasteiger partial charge is 0.326 e. The summed E-state index contributed by atoms with van der Waals surface area (Å²) in [7, 11) is 0. The van der Waals surface area contributed by atoms with Crippen molar-refractivity contribution in [1.82, 2.24) is 0 Å². The van der Waals surface area contributed by atoms with E-state index >= 15 is 0 Å². The van der Waals surface area contributed by atoms with Crippen molar-refractivity contribution in [1.29, 1.82) is 0 Å². The van der Waals surface area contributed by atoms with Gasteiger partial charge in [0.15, 0.2) is 0 Å². The minimum Gasteiger partial charge on any atom is -0.326 e. The number of anilines is 2. The molecular weight excluding hydrogens is 264 g/mol. The second-order valence-corrected chi connectivity index (χ2v) is 5.19. The van der Waals surface area contributed by atoms with Crippen molar-refractivity contribution in [3.8, 4) is 0 Å². The van der Waals surface area contributed by atoms with Crippen LogP contribution in [0, 0.1) is 6.92 Å². The van der Waals surface area contributed by atoms with E-state index in [1.807, 2.05) is 37.3 Å². The van der Waals surface area contributed by atoms with E-state index in [2.05, 4.69) is 10.6 Å². The van der Waals surface area contributed by atoms with Crippen LogP contribution in [0.5, 0.6) is 0 Å². The zero-order valence-corrected chi connectivity index (χ0v) is 11.8. The fourth-order valence-electron chi connectivity index (χ4n) is 2.43. The summed E-state index contributed by atoms with van der Waals surface area (Å²) < 4.78 is 0. The highest BCUT2D eigenvalue weighted by molar-refractivity contribution is 6.05. The molecule has 2 aromatic carbocycles. The molecule has 106 valence electrons. The Morgan fingerprint density at radius 2 is 1.95 bits per heavy atom. The number of hydrogen-bond acceptors (Lipinski definition) is 2. The Labute approximate surface area is 123 Å². The van der Waals surface area contributed by atoms with Crippen LogP contribution in [0.3, 0.4) is 0 Å². The molecule has 0 fully saturated rings. The monoisotopic (exact) mass is 280 g/mol. The maximum Gasteiger partial charge on any atom is 0.255 e. The number of fused-ring (bicyclic) bond motifs is 1. The van der Waals surface area contributed by atoms with E-state index in [1.54, 1.807) is 12.1 Å². The number of hydrogen-bond donors (Lipinski definition) is 2. The first-order valence-electron chi connectivity index (χ1n) is 6.93. The SMILES string of the molecule is Cc1ccccc1NC(=O)c1ccc2c(c1)CCC(=O)N2. The van der Waals surface area contributed by atoms with Gasteiger partial charge in [-0.05, 0) is 48.7 Å². The Kier molecular flexibility index (Phi) is 3.44. The molecule has 0 bridgehead atoms. The van der Waals surface area contributed by atoms with Crippen LogP contribution in [0.2, 0.25) is 0 Å². The summed E-state index contributed by atoms with van der Waals surface area (Å²) in [4.78, 5) is 23.7. The molecule has 0 atom stereocenters. The van der Waals surface area contributed by atoms with Gasteiger partial charge in [-0.25, -0.2) is 0 Å². The van der Waals surface area contributed by atoms with Gasteiger partial charge in [-0.3, -0.25) is 9.59 Å². The van der Waals surface area contributed by atoms with Crippen LogP contribution in [-0.2, 0) is 11.2 Å². The quantitative estimate of drug-likeness (QED) is 0.888. The zero-order valence-electron chi connectivity index (χ0n) is 11.8. The second kappa shape index (κ2) is 5.40. The molecule has 2 aromatic rings. The molecular formula is C17H16N2O2. The lowest BCUT2D eigenvalue weighted by Crippen LogP contribution is -2.20. The molecule has 1 aliphatic rings. The molecule has 0 aliphatic carbocycles. The summed E-state index contributed by atoms with van der Waals surface area (Å²) in [6, 6.07) is 13.0. The zero-order chi connectivity index (χ0) is 14.8. The molecule has 2 amide bonds. The van der Waals surface area contributed by atoms with Crippen molar-refractivity contribution in [2.24, 2.45) is 0 Å². The van der Waals surface area contributed by atoms with Crippen LogP contribution in [0.25, 0.3) is 0 Å². The topological polar surface area (TPSA) is 58.2 Å². The molecule has 0 unspecified atom stereocenters. The smallest absolute Gasteiger partial charge is 0.255 e. The van der Waals surface area contributed by atoms with E-state index in [0.717, 1.165) is 22.5 Å². The van der Waals surface area contributed by atoms with E-state index in [-0.39, 0.29) is 11.8 Å². The minimum atomic E-state index is -0.135. The number of carbonyl (C=O) groups is 2. The normalized spacial score (nSPS) is 13.3. The number of carbonyl (C=O) groups excluding carboxylic acids is 2. The maximum atomic E-state index is 12.3. The Balaban J connectivity index is 1.83. The fraction of sp³-hybridized carbons (Fsp3) is 0.176. The first kappa shape index (κ1) is 13.4. The van der Waals surface area contributed by atoms with Gasteiger partial charge < -0.3 is 10.6 Å². The number of amides is 2. The van der Waals surface area contributed by atoms with Crippen molar-refractivity contribution in [3.05, 3.63) is 59.2 Å². The van der Waals surface area contributed by atoms with Crippen molar-refractivity contribution in [3.63, 3.8) is 0 Å². The molecule has 0 saturated heterocycles. The third-order valence-corrected chi connectivity index (χ3v) is 3.66. The van der Waals surface area contributed by atoms with Crippen LogP contribution in [0.15, 0.2) is 42.5 Å². The molecule has 0 saturated carbocycles. The average molecular weight is 280 g/mol. The Morgan fingerprint density at radius 3 is 2.76 bits per heavy atom. The third kappa shape index (κ3) is 2.79. The molecule has 4 nitrogen and oxygen atoms in total. The van der Waals surface area contributed by atoms with Crippen LogP contribution in [-0.4, -0.2) is 11.8 Å². The lowest BCUT2D eigenvalue weighted by molar-refractivity contribution is -0.116. The van der Waals surface area contributed by atoms with Crippen molar-refractivity contribution in [2.75, 3.05) is 10.6 Å².